The Hall–Kier alpha value is -3.63. The minimum absolute atomic E-state index is 0.0122. The molecule has 3 aromatic rings. The summed E-state index contributed by atoms with van der Waals surface area (Å²) in [5.41, 5.74) is 0.793. The van der Waals surface area contributed by atoms with Gasteiger partial charge in [-0.1, -0.05) is 49.6 Å². The average molecular weight is 616 g/mol. The molecule has 1 aliphatic rings. The van der Waals surface area contributed by atoms with Gasteiger partial charge in [0.1, 0.15) is 24.2 Å². The van der Waals surface area contributed by atoms with Crippen molar-refractivity contribution in [1.29, 1.82) is 0 Å². The average Bonchev–Trinajstić information content (AvgIpc) is 3.49. The molecule has 0 bridgehead atoms. The number of benzene rings is 3. The monoisotopic (exact) mass is 615 g/mol. The molecule has 0 heterocycles. The Labute approximate surface area is 251 Å². The molecule has 3 aromatic carbocycles. The van der Waals surface area contributed by atoms with E-state index < -0.39 is 34.3 Å². The van der Waals surface area contributed by atoms with Crippen LogP contribution in [0.3, 0.4) is 0 Å². The molecule has 8 nitrogen and oxygen atoms in total. The third-order valence-electron chi connectivity index (χ3n) is 7.38. The number of halogens is 2. The van der Waals surface area contributed by atoms with Crippen LogP contribution in [0.4, 0.5) is 10.1 Å². The maximum absolute atomic E-state index is 14.1. The maximum Gasteiger partial charge on any atom is 0.264 e. The first kappa shape index (κ1) is 31.3. The lowest BCUT2D eigenvalue weighted by Gasteiger charge is -2.33. The summed E-state index contributed by atoms with van der Waals surface area (Å²) in [5.74, 6) is -0.846. The number of nitrogens with one attached hydrogen (secondary N) is 1. The number of hydrogen-bond donors (Lipinski definition) is 1. The first-order valence-electron chi connectivity index (χ1n) is 13.9. The van der Waals surface area contributed by atoms with Crippen molar-refractivity contribution in [2.45, 2.75) is 62.6 Å². The number of sulfonamides is 1. The van der Waals surface area contributed by atoms with Crippen molar-refractivity contribution in [3.63, 3.8) is 0 Å². The number of amides is 2. The second-order valence-electron chi connectivity index (χ2n) is 10.2. The van der Waals surface area contributed by atoms with Crippen molar-refractivity contribution >= 4 is 39.1 Å². The fraction of sp³-hybridized carbons (Fsp3) is 0.355. The summed E-state index contributed by atoms with van der Waals surface area (Å²) in [7, 11) is -2.78. The summed E-state index contributed by atoms with van der Waals surface area (Å²) in [5, 5.41) is 3.36. The fourth-order valence-electron chi connectivity index (χ4n) is 5.11. The summed E-state index contributed by atoms with van der Waals surface area (Å²) in [4.78, 5) is 28.9. The topological polar surface area (TPSA) is 96.0 Å². The minimum atomic E-state index is -4.25. The Bertz CT molecular complexity index is 1480. The van der Waals surface area contributed by atoms with Gasteiger partial charge in [0.25, 0.3) is 10.0 Å². The largest absolute Gasteiger partial charge is 0.497 e. The molecule has 11 heteroatoms. The Balaban J connectivity index is 1.71. The molecule has 0 radical (unpaired) electrons. The van der Waals surface area contributed by atoms with E-state index in [0.717, 1.165) is 30.0 Å². The van der Waals surface area contributed by atoms with Gasteiger partial charge in [-0.05, 0) is 79.4 Å². The quantitative estimate of drug-likeness (QED) is 0.288. The highest BCUT2D eigenvalue weighted by atomic mass is 35.5. The van der Waals surface area contributed by atoms with Gasteiger partial charge in [0, 0.05) is 17.6 Å². The van der Waals surface area contributed by atoms with Crippen LogP contribution in [0.25, 0.3) is 0 Å². The molecular weight excluding hydrogens is 581 g/mol. The van der Waals surface area contributed by atoms with Crippen molar-refractivity contribution in [2.75, 3.05) is 18.0 Å². The molecule has 0 unspecified atom stereocenters. The number of methoxy groups -OCH3 is 1. The molecule has 1 fully saturated rings. The van der Waals surface area contributed by atoms with E-state index in [1.165, 1.54) is 54.5 Å². The summed E-state index contributed by atoms with van der Waals surface area (Å²) >= 11 is 6.22. The molecule has 1 saturated carbocycles. The van der Waals surface area contributed by atoms with Crippen LogP contribution in [-0.4, -0.2) is 50.9 Å². The van der Waals surface area contributed by atoms with Gasteiger partial charge in [0.05, 0.1) is 17.7 Å². The van der Waals surface area contributed by atoms with Gasteiger partial charge < -0.3 is 15.0 Å². The van der Waals surface area contributed by atoms with Gasteiger partial charge in [0.15, 0.2) is 0 Å². The standard InChI is InChI=1S/C31H35ClFN3O5S/c1-3-29(31(38)34-25-8-4-5-9-25)35(20-22-11-13-24(33)14-12-22)30(37)21-36(26-10-6-7-23(32)19-26)42(39,40)28-17-15-27(41-2)16-18-28/h6-7,10-19,25,29H,3-5,8-9,20-21H2,1-2H3,(H,34,38)/t29-/m1/s1. The Morgan fingerprint density at radius 1 is 1.05 bits per heavy atom. The molecule has 0 aliphatic heterocycles. The second-order valence-corrected chi connectivity index (χ2v) is 12.5. The number of carbonyl (C=O) groups excluding carboxylic acids is 2. The highest BCUT2D eigenvalue weighted by Crippen LogP contribution is 2.28. The highest BCUT2D eigenvalue weighted by Gasteiger charge is 2.34. The molecule has 1 N–H and O–H groups in total. The number of hydrogen-bond acceptors (Lipinski definition) is 5. The van der Waals surface area contributed by atoms with E-state index in [9.17, 15) is 22.4 Å². The zero-order valence-corrected chi connectivity index (χ0v) is 25.2. The van der Waals surface area contributed by atoms with Crippen molar-refractivity contribution in [1.82, 2.24) is 10.2 Å². The number of rotatable bonds is 12. The zero-order valence-electron chi connectivity index (χ0n) is 23.6. The lowest BCUT2D eigenvalue weighted by Crippen LogP contribution is -2.53. The van der Waals surface area contributed by atoms with Crippen LogP contribution in [0, 0.1) is 5.82 Å². The van der Waals surface area contributed by atoms with Crippen LogP contribution in [0.1, 0.15) is 44.6 Å². The first-order valence-corrected chi connectivity index (χ1v) is 15.7. The van der Waals surface area contributed by atoms with Gasteiger partial charge in [-0.2, -0.15) is 0 Å². The van der Waals surface area contributed by atoms with Crippen LogP contribution in [-0.2, 0) is 26.2 Å². The molecule has 2 amide bonds. The Morgan fingerprint density at radius 2 is 1.71 bits per heavy atom. The summed E-state index contributed by atoms with van der Waals surface area (Å²) in [6.07, 6.45) is 4.09. The van der Waals surface area contributed by atoms with Crippen LogP contribution in [0.15, 0.2) is 77.7 Å². The number of ether oxygens (including phenoxy) is 1. The van der Waals surface area contributed by atoms with E-state index in [2.05, 4.69) is 5.32 Å². The minimum Gasteiger partial charge on any atom is -0.497 e. The van der Waals surface area contributed by atoms with Crippen molar-refractivity contribution in [3.05, 3.63) is 89.2 Å². The van der Waals surface area contributed by atoms with Crippen LogP contribution in [0.5, 0.6) is 5.75 Å². The summed E-state index contributed by atoms with van der Waals surface area (Å²) < 4.78 is 47.7. The van der Waals surface area contributed by atoms with E-state index in [0.29, 0.717) is 22.8 Å². The van der Waals surface area contributed by atoms with Gasteiger partial charge in [-0.25, -0.2) is 12.8 Å². The second kappa shape index (κ2) is 14.0. The first-order chi connectivity index (χ1) is 20.1. The lowest BCUT2D eigenvalue weighted by atomic mass is 10.1. The van der Waals surface area contributed by atoms with Crippen molar-refractivity contribution in [3.8, 4) is 5.75 Å². The van der Waals surface area contributed by atoms with Crippen LogP contribution in [0.2, 0.25) is 5.02 Å². The molecule has 224 valence electrons. The Kier molecular flexibility index (Phi) is 10.5. The number of carbonyl (C=O) groups is 2. The van der Waals surface area contributed by atoms with Crippen LogP contribution >= 0.6 is 11.6 Å². The molecule has 1 aliphatic carbocycles. The van der Waals surface area contributed by atoms with Crippen molar-refractivity contribution in [2.24, 2.45) is 0 Å². The van der Waals surface area contributed by atoms with E-state index >= 15 is 0 Å². The molecule has 4 rings (SSSR count). The predicted octanol–water partition coefficient (Wildman–Crippen LogP) is 5.55. The molecule has 42 heavy (non-hydrogen) atoms. The van der Waals surface area contributed by atoms with Crippen molar-refractivity contribution < 1.29 is 27.1 Å². The third kappa shape index (κ3) is 7.60. The predicted molar refractivity (Wildman–Crippen MR) is 160 cm³/mol. The molecule has 0 aromatic heterocycles. The highest BCUT2D eigenvalue weighted by molar-refractivity contribution is 7.92. The van der Waals surface area contributed by atoms with Crippen LogP contribution < -0.4 is 14.4 Å². The van der Waals surface area contributed by atoms with Gasteiger partial charge in [-0.15, -0.1) is 0 Å². The lowest BCUT2D eigenvalue weighted by molar-refractivity contribution is -0.140. The zero-order chi connectivity index (χ0) is 30.3. The Morgan fingerprint density at radius 3 is 2.31 bits per heavy atom. The van der Waals surface area contributed by atoms with Gasteiger partial charge in [-0.3, -0.25) is 13.9 Å². The fourth-order valence-corrected chi connectivity index (χ4v) is 6.70. The molecule has 0 saturated heterocycles. The van der Waals surface area contributed by atoms with E-state index in [1.807, 2.05) is 0 Å². The van der Waals surface area contributed by atoms with E-state index in [-0.39, 0.29) is 29.1 Å². The molecular formula is C31H35ClFN3O5S. The summed E-state index contributed by atoms with van der Waals surface area (Å²) in [6.45, 7) is 1.19. The normalized spacial score (nSPS) is 14.3. The maximum atomic E-state index is 14.1. The molecule has 0 spiro atoms. The summed E-state index contributed by atoms with van der Waals surface area (Å²) in [6, 6.07) is 16.9. The number of nitrogens with zero attached hydrogens (tertiary/aromatic N) is 2. The van der Waals surface area contributed by atoms with E-state index in [1.54, 1.807) is 37.3 Å². The third-order valence-corrected chi connectivity index (χ3v) is 9.40. The SMILES string of the molecule is CC[C@H](C(=O)NC1CCCC1)N(Cc1ccc(F)cc1)C(=O)CN(c1cccc(Cl)c1)S(=O)(=O)c1ccc(OC)cc1. The molecule has 1 atom stereocenters. The number of anilines is 1. The van der Waals surface area contributed by atoms with Gasteiger partial charge in [0.2, 0.25) is 11.8 Å². The van der Waals surface area contributed by atoms with E-state index in [4.69, 9.17) is 16.3 Å². The smallest absolute Gasteiger partial charge is 0.264 e. The van der Waals surface area contributed by atoms with Gasteiger partial charge >= 0.3 is 0 Å².